The Morgan fingerprint density at radius 3 is 2.92 bits per heavy atom. The summed E-state index contributed by atoms with van der Waals surface area (Å²) in [5, 5.41) is 14.1. The molecule has 2 N–H and O–H groups in total. The summed E-state index contributed by atoms with van der Waals surface area (Å²) in [4.78, 5) is 0.160. The first-order valence-corrected chi connectivity index (χ1v) is 10.5. The van der Waals surface area contributed by atoms with Crippen LogP contribution in [0.25, 0.3) is 11.3 Å². The highest BCUT2D eigenvalue weighted by atomic mass is 32.2. The van der Waals surface area contributed by atoms with Crippen LogP contribution in [0.5, 0.6) is 5.75 Å². The molecular weight excluding hydrogens is 374 g/mol. The molecule has 26 heavy (non-hydrogen) atoms. The average Bonchev–Trinajstić information content (AvgIpc) is 3.39. The van der Waals surface area contributed by atoms with Gasteiger partial charge < -0.3 is 14.3 Å². The Balaban J connectivity index is 1.44. The van der Waals surface area contributed by atoms with Crippen molar-refractivity contribution < 1.29 is 22.7 Å². The summed E-state index contributed by atoms with van der Waals surface area (Å²) >= 11 is 1.55. The van der Waals surface area contributed by atoms with Gasteiger partial charge in [-0.2, -0.15) is 11.3 Å². The molecule has 0 unspecified atom stereocenters. The van der Waals surface area contributed by atoms with Crippen molar-refractivity contribution in [2.75, 3.05) is 13.2 Å². The van der Waals surface area contributed by atoms with E-state index in [9.17, 15) is 13.5 Å². The smallest absolute Gasteiger partial charge is 0.240 e. The maximum Gasteiger partial charge on any atom is 0.240 e. The first-order chi connectivity index (χ1) is 12.5. The molecule has 8 heteroatoms. The molecule has 0 fully saturated rings. The van der Waals surface area contributed by atoms with Crippen LogP contribution in [0.1, 0.15) is 17.4 Å². The van der Waals surface area contributed by atoms with Crippen molar-refractivity contribution in [2.45, 2.75) is 17.4 Å². The standard InChI is InChI=1S/C18H17NO5S2/c20-15(18-4-3-17(24-18)13-6-8-25-11-13)10-19-26(21,22)14-1-2-16-12(9-14)5-7-23-16/h1-4,6,8-9,11,15,19-20H,5,7,10H2/t15-/m1/s1. The lowest BCUT2D eigenvalue weighted by Gasteiger charge is -2.11. The van der Waals surface area contributed by atoms with Crippen molar-refractivity contribution in [1.29, 1.82) is 0 Å². The van der Waals surface area contributed by atoms with E-state index in [0.29, 0.717) is 24.5 Å². The zero-order valence-corrected chi connectivity index (χ0v) is 15.3. The second kappa shape index (κ2) is 6.88. The van der Waals surface area contributed by atoms with Crippen LogP contribution < -0.4 is 9.46 Å². The number of nitrogens with one attached hydrogen (secondary N) is 1. The molecule has 0 amide bonds. The fourth-order valence-corrected chi connectivity index (χ4v) is 4.53. The highest BCUT2D eigenvalue weighted by Gasteiger charge is 2.21. The molecule has 0 saturated carbocycles. The van der Waals surface area contributed by atoms with Gasteiger partial charge in [0.25, 0.3) is 0 Å². The lowest BCUT2D eigenvalue weighted by atomic mass is 10.2. The van der Waals surface area contributed by atoms with E-state index < -0.39 is 16.1 Å². The van der Waals surface area contributed by atoms with E-state index in [2.05, 4.69) is 4.72 Å². The number of sulfonamides is 1. The molecule has 0 spiro atoms. The Bertz CT molecular complexity index is 1010. The fourth-order valence-electron chi connectivity index (χ4n) is 2.79. The summed E-state index contributed by atoms with van der Waals surface area (Å²) in [5.74, 6) is 1.68. The molecule has 3 heterocycles. The van der Waals surface area contributed by atoms with Gasteiger partial charge in [-0.1, -0.05) is 0 Å². The summed E-state index contributed by atoms with van der Waals surface area (Å²) < 4.78 is 38.4. The minimum atomic E-state index is -3.73. The Morgan fingerprint density at radius 2 is 2.12 bits per heavy atom. The van der Waals surface area contributed by atoms with E-state index in [1.54, 1.807) is 35.6 Å². The number of hydrogen-bond donors (Lipinski definition) is 2. The third kappa shape index (κ3) is 3.41. The van der Waals surface area contributed by atoms with Gasteiger partial charge >= 0.3 is 0 Å². The van der Waals surface area contributed by atoms with Crippen LogP contribution in [0.15, 0.2) is 56.5 Å². The van der Waals surface area contributed by atoms with E-state index >= 15 is 0 Å². The lowest BCUT2D eigenvalue weighted by Crippen LogP contribution is -2.28. The molecule has 1 atom stereocenters. The first-order valence-electron chi connectivity index (χ1n) is 8.09. The normalized spacial score (nSPS) is 14.8. The largest absolute Gasteiger partial charge is 0.493 e. The van der Waals surface area contributed by atoms with Gasteiger partial charge in [-0.3, -0.25) is 0 Å². The van der Waals surface area contributed by atoms with Crippen LogP contribution in [0.4, 0.5) is 0 Å². The summed E-state index contributed by atoms with van der Waals surface area (Å²) in [6.45, 7) is 0.391. The number of furan rings is 1. The van der Waals surface area contributed by atoms with Gasteiger partial charge in [-0.15, -0.1) is 0 Å². The van der Waals surface area contributed by atoms with E-state index in [1.807, 2.05) is 16.8 Å². The summed E-state index contributed by atoms with van der Waals surface area (Å²) in [7, 11) is -3.73. The first kappa shape index (κ1) is 17.3. The molecule has 1 aliphatic heterocycles. The molecule has 0 saturated heterocycles. The van der Waals surface area contributed by atoms with Crippen molar-refractivity contribution in [1.82, 2.24) is 4.72 Å². The van der Waals surface area contributed by atoms with Crippen LogP contribution in [0.2, 0.25) is 0 Å². The minimum Gasteiger partial charge on any atom is -0.493 e. The zero-order chi connectivity index (χ0) is 18.1. The maximum atomic E-state index is 12.5. The lowest BCUT2D eigenvalue weighted by molar-refractivity contribution is 0.155. The van der Waals surface area contributed by atoms with Crippen LogP contribution in [-0.2, 0) is 16.4 Å². The van der Waals surface area contributed by atoms with Crippen LogP contribution in [-0.4, -0.2) is 26.7 Å². The van der Waals surface area contributed by atoms with E-state index in [4.69, 9.17) is 9.15 Å². The van der Waals surface area contributed by atoms with Gasteiger partial charge in [0.1, 0.15) is 23.4 Å². The number of aliphatic hydroxyl groups excluding tert-OH is 1. The average molecular weight is 391 g/mol. The van der Waals surface area contributed by atoms with E-state index in [1.165, 1.54) is 6.07 Å². The van der Waals surface area contributed by atoms with Gasteiger partial charge in [0.2, 0.25) is 10.0 Å². The third-order valence-electron chi connectivity index (χ3n) is 4.20. The molecule has 6 nitrogen and oxygen atoms in total. The van der Waals surface area contributed by atoms with Crippen molar-refractivity contribution >= 4 is 21.4 Å². The highest BCUT2D eigenvalue weighted by molar-refractivity contribution is 7.89. The summed E-state index contributed by atoms with van der Waals surface area (Å²) in [5.41, 5.74) is 1.80. The van der Waals surface area contributed by atoms with Crippen molar-refractivity contribution in [2.24, 2.45) is 0 Å². The third-order valence-corrected chi connectivity index (χ3v) is 6.30. The predicted molar refractivity (Wildman–Crippen MR) is 97.8 cm³/mol. The highest BCUT2D eigenvalue weighted by Crippen LogP contribution is 2.29. The van der Waals surface area contributed by atoms with Gasteiger partial charge in [0.05, 0.1) is 11.5 Å². The number of ether oxygens (including phenoxy) is 1. The Morgan fingerprint density at radius 1 is 1.23 bits per heavy atom. The molecule has 136 valence electrons. The monoisotopic (exact) mass is 391 g/mol. The van der Waals surface area contributed by atoms with Gasteiger partial charge in [-0.05, 0) is 47.3 Å². The molecule has 0 aliphatic carbocycles. The minimum absolute atomic E-state index is 0.160. The van der Waals surface area contributed by atoms with Gasteiger partial charge in [-0.25, -0.2) is 13.1 Å². The summed E-state index contributed by atoms with van der Waals surface area (Å²) in [6.07, 6.45) is -0.381. The summed E-state index contributed by atoms with van der Waals surface area (Å²) in [6, 6.07) is 10.1. The number of benzene rings is 1. The number of aliphatic hydroxyl groups is 1. The molecule has 0 radical (unpaired) electrons. The van der Waals surface area contributed by atoms with Crippen molar-refractivity contribution in [3.8, 4) is 17.1 Å². The number of hydrogen-bond acceptors (Lipinski definition) is 6. The van der Waals surface area contributed by atoms with E-state index in [0.717, 1.165) is 16.9 Å². The molecule has 0 bridgehead atoms. The number of thiophene rings is 1. The fraction of sp³-hybridized carbons (Fsp3) is 0.222. The zero-order valence-electron chi connectivity index (χ0n) is 13.7. The van der Waals surface area contributed by atoms with Gasteiger partial charge in [0, 0.05) is 23.9 Å². The number of fused-ring (bicyclic) bond motifs is 1. The second-order valence-electron chi connectivity index (χ2n) is 5.95. The maximum absolute atomic E-state index is 12.5. The molecule has 4 rings (SSSR count). The van der Waals surface area contributed by atoms with Crippen LogP contribution >= 0.6 is 11.3 Å². The molecule has 2 aromatic heterocycles. The molecule has 1 aromatic carbocycles. The second-order valence-corrected chi connectivity index (χ2v) is 8.50. The Hall–Kier alpha value is -2.13. The molecule has 3 aromatic rings. The Labute approximate surface area is 155 Å². The van der Waals surface area contributed by atoms with Gasteiger partial charge in [0.15, 0.2) is 0 Å². The van der Waals surface area contributed by atoms with Crippen molar-refractivity contribution in [3.05, 3.63) is 58.5 Å². The van der Waals surface area contributed by atoms with Crippen LogP contribution in [0, 0.1) is 0 Å². The quantitative estimate of drug-likeness (QED) is 0.674. The molecule has 1 aliphatic rings. The van der Waals surface area contributed by atoms with Crippen LogP contribution in [0.3, 0.4) is 0 Å². The number of rotatable bonds is 6. The topological polar surface area (TPSA) is 88.8 Å². The predicted octanol–water partition coefficient (Wildman–Crippen LogP) is 2.95. The Kier molecular flexibility index (Phi) is 4.58. The van der Waals surface area contributed by atoms with E-state index in [-0.39, 0.29) is 11.4 Å². The molecular formula is C18H17NO5S2. The SMILES string of the molecule is O=S(=O)(NC[C@@H](O)c1ccc(-c2ccsc2)o1)c1ccc2c(c1)CCO2. The van der Waals surface area contributed by atoms with Crippen molar-refractivity contribution in [3.63, 3.8) is 0 Å².